The lowest BCUT2D eigenvalue weighted by Crippen LogP contribution is -2.49. The number of rotatable bonds is 6. The number of hydrogen-bond acceptors (Lipinski definition) is 4. The minimum Gasteiger partial charge on any atom is -0.339 e. The highest BCUT2D eigenvalue weighted by Crippen LogP contribution is 2.27. The van der Waals surface area contributed by atoms with E-state index >= 15 is 0 Å². The summed E-state index contributed by atoms with van der Waals surface area (Å²) >= 11 is 1.48. The van der Waals surface area contributed by atoms with Gasteiger partial charge in [-0.3, -0.25) is 14.5 Å². The topological polar surface area (TPSA) is 52.7 Å². The largest absolute Gasteiger partial charge is 0.339 e. The number of anilines is 1. The molecule has 1 atom stereocenters. The number of thioether (sulfide) groups is 1. The Balaban J connectivity index is 1.19. The average Bonchev–Trinajstić information content (AvgIpc) is 2.96. The third-order valence-corrected chi connectivity index (χ3v) is 7.12. The number of carbonyl (C=O) groups is 2. The number of benzene rings is 2. The lowest BCUT2D eigenvalue weighted by molar-refractivity contribution is -0.130. The van der Waals surface area contributed by atoms with E-state index in [2.05, 4.69) is 40.6 Å². The van der Waals surface area contributed by atoms with E-state index in [4.69, 9.17) is 0 Å². The first-order chi connectivity index (χ1) is 15.2. The van der Waals surface area contributed by atoms with E-state index in [0.29, 0.717) is 5.75 Å². The van der Waals surface area contributed by atoms with E-state index in [1.54, 1.807) is 0 Å². The highest BCUT2D eigenvalue weighted by molar-refractivity contribution is 8.01. The number of nitrogens with zero attached hydrogens (tertiary/aromatic N) is 2. The molecule has 0 aromatic heterocycles. The van der Waals surface area contributed by atoms with Crippen LogP contribution in [0, 0.1) is 0 Å². The molecular weight excluding hydrogens is 406 g/mol. The van der Waals surface area contributed by atoms with E-state index in [1.807, 2.05) is 41.3 Å². The zero-order chi connectivity index (χ0) is 21.5. The lowest BCUT2D eigenvalue weighted by Gasteiger charge is -2.34. The minimum absolute atomic E-state index is 0.0118. The van der Waals surface area contributed by atoms with Gasteiger partial charge in [-0.25, -0.2) is 0 Å². The van der Waals surface area contributed by atoms with E-state index in [-0.39, 0.29) is 17.1 Å². The molecule has 2 amide bonds. The second-order valence-electron chi connectivity index (χ2n) is 7.98. The summed E-state index contributed by atoms with van der Waals surface area (Å²) in [6.45, 7) is 4.17. The van der Waals surface area contributed by atoms with Gasteiger partial charge in [-0.15, -0.1) is 11.8 Å². The number of piperazine rings is 1. The monoisotopic (exact) mass is 435 g/mol. The molecule has 1 saturated heterocycles. The molecule has 6 heteroatoms. The second kappa shape index (κ2) is 10.6. The van der Waals surface area contributed by atoms with Gasteiger partial charge >= 0.3 is 0 Å². The third-order valence-electron chi connectivity index (χ3n) is 5.85. The Morgan fingerprint density at radius 2 is 1.77 bits per heavy atom. The number of para-hydroxylation sites is 1. The standard InChI is InChI=1S/C25H29N3O2S/c29-24(19-31-23-13-12-21-10-4-5-11-22(21)26-25(23)30)28-17-15-27(16-18-28)14-6-9-20-7-2-1-3-8-20/h1-11,23H,12-19H2,(H,26,30). The molecule has 2 heterocycles. The van der Waals surface area contributed by atoms with Gasteiger partial charge in [-0.05, 0) is 30.0 Å². The molecule has 1 unspecified atom stereocenters. The molecule has 0 saturated carbocycles. The van der Waals surface area contributed by atoms with Crippen LogP contribution >= 0.6 is 11.8 Å². The van der Waals surface area contributed by atoms with Crippen molar-refractivity contribution in [3.05, 3.63) is 71.8 Å². The smallest absolute Gasteiger partial charge is 0.237 e. The maximum Gasteiger partial charge on any atom is 0.237 e. The Labute approximate surface area is 188 Å². The van der Waals surface area contributed by atoms with Gasteiger partial charge in [-0.1, -0.05) is 60.7 Å². The predicted octanol–water partition coefficient (Wildman–Crippen LogP) is 3.53. The highest BCUT2D eigenvalue weighted by atomic mass is 32.2. The van der Waals surface area contributed by atoms with Crippen LogP contribution in [0.3, 0.4) is 0 Å². The molecular formula is C25H29N3O2S. The Morgan fingerprint density at radius 1 is 1.03 bits per heavy atom. The molecule has 2 aliphatic rings. The third kappa shape index (κ3) is 5.99. The van der Waals surface area contributed by atoms with Gasteiger partial charge in [0.05, 0.1) is 11.0 Å². The van der Waals surface area contributed by atoms with E-state index in [1.165, 1.54) is 22.9 Å². The molecule has 31 heavy (non-hydrogen) atoms. The van der Waals surface area contributed by atoms with Crippen molar-refractivity contribution in [2.45, 2.75) is 18.1 Å². The summed E-state index contributed by atoms with van der Waals surface area (Å²) in [4.78, 5) is 29.5. The molecule has 5 nitrogen and oxygen atoms in total. The zero-order valence-electron chi connectivity index (χ0n) is 17.7. The first kappa shape index (κ1) is 21.7. The SMILES string of the molecule is O=C1Nc2ccccc2CCC1SCC(=O)N1CCN(CC=Cc2ccccc2)CC1. The van der Waals surface area contributed by atoms with Crippen LogP contribution in [0.1, 0.15) is 17.5 Å². The van der Waals surface area contributed by atoms with Crippen molar-refractivity contribution in [2.75, 3.05) is 43.8 Å². The number of nitrogens with one attached hydrogen (secondary N) is 1. The highest BCUT2D eigenvalue weighted by Gasteiger charge is 2.26. The number of amides is 2. The average molecular weight is 436 g/mol. The number of aryl methyl sites for hydroxylation is 1. The first-order valence-electron chi connectivity index (χ1n) is 10.9. The van der Waals surface area contributed by atoms with Gasteiger partial charge in [-0.2, -0.15) is 0 Å². The Hall–Kier alpha value is -2.57. The molecule has 2 aliphatic heterocycles. The summed E-state index contributed by atoms with van der Waals surface area (Å²) in [6.07, 6.45) is 5.95. The van der Waals surface area contributed by atoms with Gasteiger partial charge < -0.3 is 10.2 Å². The van der Waals surface area contributed by atoms with E-state index in [0.717, 1.165) is 51.3 Å². The van der Waals surface area contributed by atoms with Crippen molar-refractivity contribution in [1.82, 2.24) is 9.80 Å². The fourth-order valence-electron chi connectivity index (χ4n) is 4.00. The number of fused-ring (bicyclic) bond motifs is 1. The summed E-state index contributed by atoms with van der Waals surface area (Å²) in [5.41, 5.74) is 3.28. The first-order valence-corrected chi connectivity index (χ1v) is 12.0. The number of carbonyl (C=O) groups excluding carboxylic acids is 2. The van der Waals surface area contributed by atoms with Crippen LogP contribution < -0.4 is 5.32 Å². The van der Waals surface area contributed by atoms with Crippen molar-refractivity contribution >= 4 is 35.3 Å². The summed E-state index contributed by atoms with van der Waals surface area (Å²) in [7, 11) is 0. The van der Waals surface area contributed by atoms with E-state index < -0.39 is 0 Å². The lowest BCUT2D eigenvalue weighted by atomic mass is 10.1. The van der Waals surface area contributed by atoms with Gasteiger partial charge in [0.2, 0.25) is 11.8 Å². The zero-order valence-corrected chi connectivity index (χ0v) is 18.5. The molecule has 0 aliphatic carbocycles. The molecule has 0 bridgehead atoms. The van der Waals surface area contributed by atoms with Gasteiger partial charge in [0.15, 0.2) is 0 Å². The van der Waals surface area contributed by atoms with Crippen LogP contribution in [-0.4, -0.2) is 65.3 Å². The van der Waals surface area contributed by atoms with Crippen LogP contribution in [0.2, 0.25) is 0 Å². The van der Waals surface area contributed by atoms with Gasteiger partial charge in [0, 0.05) is 38.4 Å². The molecule has 1 fully saturated rings. The van der Waals surface area contributed by atoms with Crippen LogP contribution in [0.25, 0.3) is 6.08 Å². The predicted molar refractivity (Wildman–Crippen MR) is 128 cm³/mol. The molecule has 162 valence electrons. The van der Waals surface area contributed by atoms with Crippen molar-refractivity contribution in [1.29, 1.82) is 0 Å². The molecule has 0 radical (unpaired) electrons. The maximum absolute atomic E-state index is 12.7. The van der Waals surface area contributed by atoms with Gasteiger partial charge in [0.1, 0.15) is 0 Å². The van der Waals surface area contributed by atoms with Crippen molar-refractivity contribution in [3.63, 3.8) is 0 Å². The fraction of sp³-hybridized carbons (Fsp3) is 0.360. The molecule has 1 N–H and O–H groups in total. The molecule has 2 aromatic carbocycles. The number of hydrogen-bond donors (Lipinski definition) is 1. The van der Waals surface area contributed by atoms with Crippen LogP contribution in [0.5, 0.6) is 0 Å². The van der Waals surface area contributed by atoms with Crippen LogP contribution in [0.4, 0.5) is 5.69 Å². The summed E-state index contributed by atoms with van der Waals surface area (Å²) in [5, 5.41) is 2.84. The van der Waals surface area contributed by atoms with Crippen molar-refractivity contribution in [3.8, 4) is 0 Å². The Bertz CT molecular complexity index is 923. The van der Waals surface area contributed by atoms with Gasteiger partial charge in [0.25, 0.3) is 0 Å². The Kier molecular flexibility index (Phi) is 7.43. The molecule has 0 spiro atoms. The quantitative estimate of drug-likeness (QED) is 0.754. The van der Waals surface area contributed by atoms with Crippen LogP contribution in [0.15, 0.2) is 60.7 Å². The summed E-state index contributed by atoms with van der Waals surface area (Å²) in [5.74, 6) is 0.513. The van der Waals surface area contributed by atoms with Crippen molar-refractivity contribution in [2.24, 2.45) is 0 Å². The van der Waals surface area contributed by atoms with Crippen molar-refractivity contribution < 1.29 is 9.59 Å². The maximum atomic E-state index is 12.7. The fourth-order valence-corrected chi connectivity index (χ4v) is 5.02. The molecule has 4 rings (SSSR count). The molecule has 2 aromatic rings. The summed E-state index contributed by atoms with van der Waals surface area (Å²) in [6, 6.07) is 18.2. The normalized spacial score (nSPS) is 19.7. The second-order valence-corrected chi connectivity index (χ2v) is 9.17. The van der Waals surface area contributed by atoms with Crippen LogP contribution in [-0.2, 0) is 16.0 Å². The Morgan fingerprint density at radius 3 is 2.58 bits per heavy atom. The van der Waals surface area contributed by atoms with E-state index in [9.17, 15) is 9.59 Å². The summed E-state index contributed by atoms with van der Waals surface area (Å²) < 4.78 is 0. The minimum atomic E-state index is -0.180.